The molecule has 0 aliphatic rings. The molecule has 1 aromatic rings. The van der Waals surface area contributed by atoms with E-state index in [0.29, 0.717) is 0 Å². The molecule has 4 nitrogen and oxygen atoms in total. The topological polar surface area (TPSA) is 39.7 Å². The van der Waals surface area contributed by atoms with Gasteiger partial charge >= 0.3 is 0 Å². The van der Waals surface area contributed by atoms with Gasteiger partial charge in [0.15, 0.2) is 5.96 Å². The van der Waals surface area contributed by atoms with Gasteiger partial charge in [-0.15, -0.1) is 35.3 Å². The lowest BCUT2D eigenvalue weighted by molar-refractivity contribution is 0.297. The summed E-state index contributed by atoms with van der Waals surface area (Å²) >= 11 is 1.76. The van der Waals surface area contributed by atoms with E-state index in [1.807, 2.05) is 7.05 Å². The molecule has 0 aliphatic carbocycles. The number of thiophene rings is 1. The fraction of sp³-hybridized carbons (Fsp3) is 0.667. The monoisotopic (exact) mass is 424 g/mol. The van der Waals surface area contributed by atoms with Crippen molar-refractivity contribution in [3.63, 3.8) is 0 Å². The average Bonchev–Trinajstić information content (AvgIpc) is 2.99. The standard InChI is InChI=1S/C15H28N4S.HI/c1-4-19(5-2)11-7-6-10-17-15(16-3)18-13-14-9-8-12-20-14;/h8-9,12H,4-7,10-11,13H2,1-3H3,(H2,16,17,18);1H. The molecule has 0 fully saturated rings. The summed E-state index contributed by atoms with van der Waals surface area (Å²) in [7, 11) is 1.82. The number of aliphatic imine (C=N–C) groups is 1. The summed E-state index contributed by atoms with van der Waals surface area (Å²) in [5.41, 5.74) is 0. The smallest absolute Gasteiger partial charge is 0.191 e. The van der Waals surface area contributed by atoms with Gasteiger partial charge in [-0.2, -0.15) is 0 Å². The zero-order chi connectivity index (χ0) is 14.6. The molecule has 1 rings (SSSR count). The van der Waals surface area contributed by atoms with Crippen LogP contribution in [0.25, 0.3) is 0 Å². The first-order valence-electron chi connectivity index (χ1n) is 7.49. The SMILES string of the molecule is CCN(CC)CCCCNC(=NC)NCc1cccs1.I. The minimum atomic E-state index is 0. The van der Waals surface area contributed by atoms with Crippen LogP contribution in [-0.2, 0) is 6.54 Å². The lowest BCUT2D eigenvalue weighted by atomic mass is 10.3. The van der Waals surface area contributed by atoms with Crippen LogP contribution >= 0.6 is 35.3 Å². The molecule has 0 saturated carbocycles. The van der Waals surface area contributed by atoms with E-state index in [1.54, 1.807) is 11.3 Å². The van der Waals surface area contributed by atoms with Gasteiger partial charge in [0.2, 0.25) is 0 Å². The van der Waals surface area contributed by atoms with Crippen molar-refractivity contribution < 1.29 is 0 Å². The third-order valence-electron chi connectivity index (χ3n) is 3.32. The second kappa shape index (κ2) is 13.3. The van der Waals surface area contributed by atoms with E-state index < -0.39 is 0 Å². The van der Waals surface area contributed by atoms with E-state index in [0.717, 1.165) is 32.1 Å². The van der Waals surface area contributed by atoms with E-state index in [2.05, 4.69) is 51.9 Å². The van der Waals surface area contributed by atoms with Crippen molar-refractivity contribution in [1.29, 1.82) is 0 Å². The fourth-order valence-electron chi connectivity index (χ4n) is 2.01. The summed E-state index contributed by atoms with van der Waals surface area (Å²) in [5, 5.41) is 8.80. The molecule has 6 heteroatoms. The maximum Gasteiger partial charge on any atom is 0.191 e. The fourth-order valence-corrected chi connectivity index (χ4v) is 2.66. The van der Waals surface area contributed by atoms with E-state index in [9.17, 15) is 0 Å². The van der Waals surface area contributed by atoms with Crippen LogP contribution in [0.4, 0.5) is 0 Å². The predicted molar refractivity (Wildman–Crippen MR) is 105 cm³/mol. The summed E-state index contributed by atoms with van der Waals surface area (Å²) in [4.78, 5) is 8.03. The largest absolute Gasteiger partial charge is 0.356 e. The van der Waals surface area contributed by atoms with E-state index in [-0.39, 0.29) is 24.0 Å². The van der Waals surface area contributed by atoms with Crippen LogP contribution in [0.15, 0.2) is 22.5 Å². The maximum absolute atomic E-state index is 4.24. The highest BCUT2D eigenvalue weighted by Crippen LogP contribution is 2.07. The third kappa shape index (κ3) is 9.31. The first-order chi connectivity index (χ1) is 9.80. The molecule has 0 spiro atoms. The molecule has 1 heterocycles. The molecule has 0 radical (unpaired) electrons. The Morgan fingerprint density at radius 1 is 1.24 bits per heavy atom. The molecule has 21 heavy (non-hydrogen) atoms. The first kappa shape index (κ1) is 20.7. The quantitative estimate of drug-likeness (QED) is 0.277. The second-order valence-corrected chi connectivity index (χ2v) is 5.70. The minimum absolute atomic E-state index is 0. The van der Waals surface area contributed by atoms with Gasteiger partial charge in [-0.05, 0) is 43.9 Å². The molecule has 0 aromatic carbocycles. The van der Waals surface area contributed by atoms with Crippen LogP contribution in [-0.4, -0.2) is 44.1 Å². The van der Waals surface area contributed by atoms with Gasteiger partial charge in [-0.1, -0.05) is 19.9 Å². The highest BCUT2D eigenvalue weighted by molar-refractivity contribution is 14.0. The molecule has 122 valence electrons. The maximum atomic E-state index is 4.24. The molecule has 0 bridgehead atoms. The summed E-state index contributed by atoms with van der Waals surface area (Å²) < 4.78 is 0. The first-order valence-corrected chi connectivity index (χ1v) is 8.37. The van der Waals surface area contributed by atoms with Crippen molar-refractivity contribution in [3.05, 3.63) is 22.4 Å². The number of hydrogen-bond donors (Lipinski definition) is 2. The average molecular weight is 424 g/mol. The summed E-state index contributed by atoms with van der Waals surface area (Å²) in [6.07, 6.45) is 2.41. The Bertz CT molecular complexity index is 364. The van der Waals surface area contributed by atoms with E-state index >= 15 is 0 Å². The van der Waals surface area contributed by atoms with Crippen molar-refractivity contribution in [1.82, 2.24) is 15.5 Å². The molecule has 0 amide bonds. The van der Waals surface area contributed by atoms with Gasteiger partial charge in [0, 0.05) is 18.5 Å². The molecule has 2 N–H and O–H groups in total. The van der Waals surface area contributed by atoms with Gasteiger partial charge in [0.1, 0.15) is 0 Å². The number of hydrogen-bond acceptors (Lipinski definition) is 3. The Labute approximate surface area is 150 Å². The highest BCUT2D eigenvalue weighted by atomic mass is 127. The van der Waals surface area contributed by atoms with Crippen molar-refractivity contribution in [2.45, 2.75) is 33.2 Å². The van der Waals surface area contributed by atoms with E-state index in [4.69, 9.17) is 0 Å². The molecule has 0 unspecified atom stereocenters. The molecule has 0 aliphatic heterocycles. The minimum Gasteiger partial charge on any atom is -0.356 e. The zero-order valence-electron chi connectivity index (χ0n) is 13.4. The number of guanidine groups is 1. The molecule has 1 aromatic heterocycles. The Morgan fingerprint density at radius 2 is 2.00 bits per heavy atom. The Balaban J connectivity index is 0.00000400. The number of halogens is 1. The lowest BCUT2D eigenvalue weighted by Crippen LogP contribution is -2.37. The molecule has 0 saturated heterocycles. The van der Waals surface area contributed by atoms with Crippen LogP contribution in [0.1, 0.15) is 31.6 Å². The summed E-state index contributed by atoms with van der Waals surface area (Å²) in [5.74, 6) is 0.890. The van der Waals surface area contributed by atoms with Gasteiger partial charge in [-0.3, -0.25) is 4.99 Å². The van der Waals surface area contributed by atoms with Crippen LogP contribution in [0, 0.1) is 0 Å². The van der Waals surface area contributed by atoms with Crippen molar-refractivity contribution in [2.75, 3.05) is 33.2 Å². The van der Waals surface area contributed by atoms with Crippen LogP contribution in [0.2, 0.25) is 0 Å². The zero-order valence-corrected chi connectivity index (χ0v) is 16.5. The van der Waals surface area contributed by atoms with Gasteiger partial charge in [-0.25, -0.2) is 0 Å². The van der Waals surface area contributed by atoms with Crippen molar-refractivity contribution in [3.8, 4) is 0 Å². The molecule has 0 atom stereocenters. The predicted octanol–water partition coefficient (Wildman–Crippen LogP) is 3.15. The van der Waals surface area contributed by atoms with Crippen molar-refractivity contribution in [2.24, 2.45) is 4.99 Å². The van der Waals surface area contributed by atoms with E-state index in [1.165, 1.54) is 24.3 Å². The van der Waals surface area contributed by atoms with Gasteiger partial charge in [0.05, 0.1) is 6.54 Å². The normalized spacial score (nSPS) is 11.3. The third-order valence-corrected chi connectivity index (χ3v) is 4.20. The molecular weight excluding hydrogens is 395 g/mol. The van der Waals surface area contributed by atoms with Crippen molar-refractivity contribution >= 4 is 41.3 Å². The van der Waals surface area contributed by atoms with Crippen LogP contribution in [0.5, 0.6) is 0 Å². The van der Waals surface area contributed by atoms with Gasteiger partial charge < -0.3 is 15.5 Å². The highest BCUT2D eigenvalue weighted by Gasteiger charge is 2.00. The Hall–Kier alpha value is -0.340. The number of nitrogens with one attached hydrogen (secondary N) is 2. The Morgan fingerprint density at radius 3 is 2.57 bits per heavy atom. The second-order valence-electron chi connectivity index (χ2n) is 4.67. The lowest BCUT2D eigenvalue weighted by Gasteiger charge is -2.17. The number of nitrogens with zero attached hydrogens (tertiary/aromatic N) is 2. The molecular formula is C15H29IN4S. The van der Waals surface area contributed by atoms with Crippen LogP contribution in [0.3, 0.4) is 0 Å². The van der Waals surface area contributed by atoms with Crippen LogP contribution < -0.4 is 10.6 Å². The number of unbranched alkanes of at least 4 members (excludes halogenated alkanes) is 1. The van der Waals surface area contributed by atoms with Gasteiger partial charge in [0.25, 0.3) is 0 Å². The summed E-state index contributed by atoms with van der Waals surface area (Å²) in [6, 6.07) is 4.21. The Kier molecular flexibility index (Phi) is 13.1. The number of rotatable bonds is 9. The summed E-state index contributed by atoms with van der Waals surface area (Å²) in [6.45, 7) is 9.75.